The van der Waals surface area contributed by atoms with E-state index in [2.05, 4.69) is 31.3 Å². The molecular weight excluding hydrogens is 246 g/mol. The van der Waals surface area contributed by atoms with Crippen molar-refractivity contribution in [3.05, 3.63) is 40.4 Å². The monoisotopic (exact) mass is 265 g/mol. The second-order valence-corrected chi connectivity index (χ2v) is 5.14. The zero-order chi connectivity index (χ0) is 13.0. The predicted octanol–water partition coefficient (Wildman–Crippen LogP) is 3.69. The second kappa shape index (κ2) is 6.26. The highest BCUT2D eigenvalue weighted by Gasteiger charge is 2.20. The molecule has 0 spiro atoms. The molecular formula is C15H20ClNO. The Morgan fingerprint density at radius 3 is 2.56 bits per heavy atom. The Labute approximate surface area is 114 Å². The smallest absolute Gasteiger partial charge is 0.125 e. The summed E-state index contributed by atoms with van der Waals surface area (Å²) in [4.78, 5) is 0. The zero-order valence-electron chi connectivity index (χ0n) is 11.0. The van der Waals surface area contributed by atoms with Gasteiger partial charge in [-0.1, -0.05) is 23.7 Å². The lowest BCUT2D eigenvalue weighted by Gasteiger charge is -2.13. The largest absolute Gasteiger partial charge is 0.489 e. The second-order valence-electron chi connectivity index (χ2n) is 4.89. The van der Waals surface area contributed by atoms with Crippen molar-refractivity contribution >= 4 is 11.6 Å². The Hall–Kier alpha value is -0.990. The molecule has 0 radical (unpaired) electrons. The summed E-state index contributed by atoms with van der Waals surface area (Å²) < 4.78 is 5.71. The lowest BCUT2D eigenvalue weighted by atomic mass is 10.1. The van der Waals surface area contributed by atoms with Gasteiger partial charge in [-0.3, -0.25) is 0 Å². The van der Waals surface area contributed by atoms with E-state index in [1.165, 1.54) is 35.1 Å². The van der Waals surface area contributed by atoms with E-state index in [-0.39, 0.29) is 0 Å². The maximum absolute atomic E-state index is 5.71. The van der Waals surface area contributed by atoms with Crippen LogP contribution in [0.2, 0.25) is 0 Å². The molecule has 0 amide bonds. The number of aryl methyl sites for hydroxylation is 2. The van der Waals surface area contributed by atoms with Gasteiger partial charge in [-0.05, 0) is 49.5 Å². The summed E-state index contributed by atoms with van der Waals surface area (Å²) in [5.74, 6) is 0.972. The van der Waals surface area contributed by atoms with Crippen LogP contribution in [0.1, 0.15) is 29.5 Å². The van der Waals surface area contributed by atoms with Crippen molar-refractivity contribution < 1.29 is 4.74 Å². The van der Waals surface area contributed by atoms with Crippen LogP contribution in [-0.4, -0.2) is 12.6 Å². The molecule has 1 saturated carbocycles. The average Bonchev–Trinajstić information content (AvgIpc) is 3.14. The topological polar surface area (TPSA) is 21.3 Å². The molecule has 0 heterocycles. The molecule has 2 nitrogen and oxygen atoms in total. The van der Waals surface area contributed by atoms with Crippen LogP contribution >= 0.6 is 11.6 Å². The van der Waals surface area contributed by atoms with Crippen LogP contribution < -0.4 is 10.1 Å². The maximum Gasteiger partial charge on any atom is 0.125 e. The molecule has 0 saturated heterocycles. The van der Waals surface area contributed by atoms with Crippen LogP contribution in [0.25, 0.3) is 0 Å². The van der Waals surface area contributed by atoms with E-state index in [1.807, 2.05) is 0 Å². The number of ether oxygens (including phenoxy) is 1. The minimum absolute atomic E-state index is 0.519. The van der Waals surface area contributed by atoms with Crippen molar-refractivity contribution in [2.75, 3.05) is 6.61 Å². The summed E-state index contributed by atoms with van der Waals surface area (Å²) in [5, 5.41) is 3.53. The summed E-state index contributed by atoms with van der Waals surface area (Å²) >= 11 is 5.48. The van der Waals surface area contributed by atoms with E-state index in [4.69, 9.17) is 16.3 Å². The Morgan fingerprint density at radius 2 is 2.00 bits per heavy atom. The highest BCUT2D eigenvalue weighted by atomic mass is 35.5. The van der Waals surface area contributed by atoms with Crippen LogP contribution in [0, 0.1) is 13.8 Å². The molecule has 1 aromatic carbocycles. The number of halogens is 1. The lowest BCUT2D eigenvalue weighted by molar-refractivity contribution is 0.357. The third-order valence-corrected chi connectivity index (χ3v) is 3.28. The van der Waals surface area contributed by atoms with Gasteiger partial charge in [-0.2, -0.15) is 0 Å². The molecule has 0 atom stereocenters. The molecule has 0 bridgehead atoms. The zero-order valence-corrected chi connectivity index (χ0v) is 11.8. The van der Waals surface area contributed by atoms with Crippen molar-refractivity contribution in [2.45, 2.75) is 39.3 Å². The number of nitrogens with one attached hydrogen (secondary N) is 1. The van der Waals surface area contributed by atoms with Crippen LogP contribution in [0.4, 0.5) is 0 Å². The SMILES string of the molecule is Cc1cc(CNC2CC2)cc(C)c1OC/C=C/Cl. The van der Waals surface area contributed by atoms with E-state index in [0.717, 1.165) is 18.3 Å². The number of hydrogen-bond acceptors (Lipinski definition) is 2. The van der Waals surface area contributed by atoms with E-state index < -0.39 is 0 Å². The first-order valence-corrected chi connectivity index (χ1v) is 6.86. The molecule has 1 aliphatic carbocycles. The molecule has 18 heavy (non-hydrogen) atoms. The Balaban J connectivity index is 2.01. The number of rotatable bonds is 6. The quantitative estimate of drug-likeness (QED) is 0.847. The summed E-state index contributed by atoms with van der Waals surface area (Å²) in [5.41, 5.74) is 5.19. The molecule has 2 rings (SSSR count). The normalized spacial score (nSPS) is 15.3. The highest BCUT2D eigenvalue weighted by molar-refractivity contribution is 6.25. The Bertz CT molecular complexity index is 415. The van der Waals surface area contributed by atoms with Gasteiger partial charge in [0.25, 0.3) is 0 Å². The Kier molecular flexibility index (Phi) is 4.67. The first kappa shape index (κ1) is 13.4. The van der Waals surface area contributed by atoms with E-state index >= 15 is 0 Å². The Morgan fingerprint density at radius 1 is 1.33 bits per heavy atom. The van der Waals surface area contributed by atoms with Crippen LogP contribution in [0.15, 0.2) is 23.7 Å². The fourth-order valence-corrected chi connectivity index (χ4v) is 2.16. The molecule has 0 aromatic heterocycles. The van der Waals surface area contributed by atoms with Crippen LogP contribution in [0.3, 0.4) is 0 Å². The van der Waals surface area contributed by atoms with Gasteiger partial charge in [0.15, 0.2) is 0 Å². The van der Waals surface area contributed by atoms with Crippen molar-refractivity contribution in [3.8, 4) is 5.75 Å². The van der Waals surface area contributed by atoms with Crippen molar-refractivity contribution in [1.82, 2.24) is 5.32 Å². The third-order valence-electron chi connectivity index (χ3n) is 3.11. The third kappa shape index (κ3) is 3.76. The van der Waals surface area contributed by atoms with Crippen molar-refractivity contribution in [2.24, 2.45) is 0 Å². The molecule has 0 aliphatic heterocycles. The maximum atomic E-state index is 5.71. The van der Waals surface area contributed by atoms with Crippen LogP contribution in [-0.2, 0) is 6.54 Å². The van der Waals surface area contributed by atoms with E-state index in [9.17, 15) is 0 Å². The minimum Gasteiger partial charge on any atom is -0.489 e. The summed E-state index contributed by atoms with van der Waals surface area (Å²) in [6.45, 7) is 5.65. The van der Waals surface area contributed by atoms with Crippen molar-refractivity contribution in [3.63, 3.8) is 0 Å². The first-order chi connectivity index (χ1) is 8.70. The standard InChI is InChI=1S/C15H20ClNO/c1-11-8-13(10-17-14-4-5-14)9-12(2)15(11)18-7-3-6-16/h3,6,8-9,14,17H,4-5,7,10H2,1-2H3/b6-3+. The molecule has 1 aliphatic rings. The van der Waals surface area contributed by atoms with Gasteiger partial charge in [0.2, 0.25) is 0 Å². The summed E-state index contributed by atoms with van der Waals surface area (Å²) in [7, 11) is 0. The molecule has 0 unspecified atom stereocenters. The van der Waals surface area contributed by atoms with Gasteiger partial charge < -0.3 is 10.1 Å². The fourth-order valence-electron chi connectivity index (χ4n) is 2.09. The first-order valence-electron chi connectivity index (χ1n) is 6.42. The predicted molar refractivity (Wildman–Crippen MR) is 76.3 cm³/mol. The van der Waals surface area contributed by atoms with Gasteiger partial charge in [-0.15, -0.1) is 0 Å². The number of benzene rings is 1. The summed E-state index contributed by atoms with van der Waals surface area (Å²) in [6.07, 6.45) is 4.44. The van der Waals surface area contributed by atoms with Gasteiger partial charge in [-0.25, -0.2) is 0 Å². The van der Waals surface area contributed by atoms with Gasteiger partial charge in [0, 0.05) is 18.1 Å². The molecule has 1 aromatic rings. The van der Waals surface area contributed by atoms with Gasteiger partial charge in [0.1, 0.15) is 12.4 Å². The molecule has 1 N–H and O–H groups in total. The summed E-state index contributed by atoms with van der Waals surface area (Å²) in [6, 6.07) is 5.14. The molecule has 3 heteroatoms. The lowest BCUT2D eigenvalue weighted by Crippen LogP contribution is -2.15. The van der Waals surface area contributed by atoms with E-state index in [0.29, 0.717) is 6.61 Å². The number of hydrogen-bond donors (Lipinski definition) is 1. The minimum atomic E-state index is 0.519. The average molecular weight is 266 g/mol. The highest BCUT2D eigenvalue weighted by Crippen LogP contribution is 2.26. The van der Waals surface area contributed by atoms with Gasteiger partial charge >= 0.3 is 0 Å². The fraction of sp³-hybridized carbons (Fsp3) is 0.467. The molecule has 98 valence electrons. The van der Waals surface area contributed by atoms with Gasteiger partial charge in [0.05, 0.1) is 0 Å². The molecule has 1 fully saturated rings. The van der Waals surface area contributed by atoms with Crippen LogP contribution in [0.5, 0.6) is 5.75 Å². The van der Waals surface area contributed by atoms with E-state index in [1.54, 1.807) is 6.08 Å². The van der Waals surface area contributed by atoms with Crippen molar-refractivity contribution in [1.29, 1.82) is 0 Å².